The van der Waals surface area contributed by atoms with E-state index in [0.717, 1.165) is 17.6 Å². The van der Waals surface area contributed by atoms with Crippen molar-refractivity contribution >= 4 is 11.6 Å². The molecule has 1 aromatic rings. The molecule has 0 amide bonds. The van der Waals surface area contributed by atoms with E-state index in [2.05, 4.69) is 20.4 Å². The van der Waals surface area contributed by atoms with Crippen LogP contribution in [-0.4, -0.2) is 0 Å². The van der Waals surface area contributed by atoms with E-state index in [9.17, 15) is 0 Å². The summed E-state index contributed by atoms with van der Waals surface area (Å²) in [5.41, 5.74) is 8.55. The summed E-state index contributed by atoms with van der Waals surface area (Å²) < 4.78 is 0. The second kappa shape index (κ2) is 7.98. The van der Waals surface area contributed by atoms with Crippen LogP contribution in [0.15, 0.2) is 65.7 Å². The maximum Gasteiger partial charge on any atom is 0.0531 e. The summed E-state index contributed by atoms with van der Waals surface area (Å²) in [5, 5.41) is 0.714. The molecule has 0 radical (unpaired) electrons. The van der Waals surface area contributed by atoms with Crippen LogP contribution in [0, 0.1) is 5.92 Å². The molecule has 102 valence electrons. The summed E-state index contributed by atoms with van der Waals surface area (Å²) in [4.78, 5) is 0. The summed E-state index contributed by atoms with van der Waals surface area (Å²) >= 11 is 6.41. The highest BCUT2D eigenvalue weighted by molar-refractivity contribution is 6.31. The van der Waals surface area contributed by atoms with Crippen molar-refractivity contribution in [3.63, 3.8) is 0 Å². The molecular weight excluding hydrogens is 254 g/mol. The summed E-state index contributed by atoms with van der Waals surface area (Å²) in [6.07, 6.45) is 6.42. The smallest absolute Gasteiger partial charge is 0.0531 e. The van der Waals surface area contributed by atoms with Gasteiger partial charge in [0.2, 0.25) is 0 Å². The molecule has 0 bridgehead atoms. The zero-order chi connectivity index (χ0) is 14.3. The van der Waals surface area contributed by atoms with Crippen LogP contribution in [0.2, 0.25) is 0 Å². The number of rotatable bonds is 6. The summed E-state index contributed by atoms with van der Waals surface area (Å²) in [6.45, 7) is 7.96. The first-order valence-electron chi connectivity index (χ1n) is 6.61. The monoisotopic (exact) mass is 275 g/mol. The summed E-state index contributed by atoms with van der Waals surface area (Å²) in [6, 6.07) is 9.89. The number of halogens is 1. The van der Waals surface area contributed by atoms with E-state index < -0.39 is 0 Å². The number of allylic oxidation sites excluding steroid dienone is 4. The second-order valence-electron chi connectivity index (χ2n) is 4.60. The largest absolute Gasteiger partial charge is 0.320 e. The van der Waals surface area contributed by atoms with Crippen LogP contribution in [0.1, 0.15) is 31.9 Å². The number of hydrogen-bond acceptors (Lipinski definition) is 1. The fraction of sp³-hybridized carbons (Fsp3) is 0.294. The lowest BCUT2D eigenvalue weighted by Gasteiger charge is -2.23. The molecule has 0 saturated heterocycles. The molecule has 1 rings (SSSR count). The van der Waals surface area contributed by atoms with E-state index in [4.69, 9.17) is 17.3 Å². The molecule has 2 atom stereocenters. The van der Waals surface area contributed by atoms with Crippen molar-refractivity contribution in [2.75, 3.05) is 0 Å². The molecule has 2 heteroatoms. The van der Waals surface area contributed by atoms with Crippen molar-refractivity contribution in [2.45, 2.75) is 26.3 Å². The molecule has 0 aliphatic rings. The van der Waals surface area contributed by atoms with Crippen molar-refractivity contribution in [1.29, 1.82) is 0 Å². The van der Waals surface area contributed by atoms with E-state index in [-0.39, 0.29) is 6.04 Å². The van der Waals surface area contributed by atoms with Gasteiger partial charge >= 0.3 is 0 Å². The van der Waals surface area contributed by atoms with E-state index in [0.29, 0.717) is 11.0 Å². The van der Waals surface area contributed by atoms with Gasteiger partial charge in [0, 0.05) is 5.03 Å². The molecule has 0 heterocycles. The molecule has 2 N–H and O–H groups in total. The van der Waals surface area contributed by atoms with E-state index in [1.165, 1.54) is 0 Å². The maximum absolute atomic E-state index is 6.41. The van der Waals surface area contributed by atoms with Crippen molar-refractivity contribution in [3.8, 4) is 0 Å². The zero-order valence-electron chi connectivity index (χ0n) is 11.6. The molecule has 0 fully saturated rings. The van der Waals surface area contributed by atoms with Crippen LogP contribution >= 0.6 is 11.6 Å². The highest BCUT2D eigenvalue weighted by Gasteiger charge is 2.19. The highest BCUT2D eigenvalue weighted by Crippen LogP contribution is 2.32. The average molecular weight is 276 g/mol. The first kappa shape index (κ1) is 15.7. The van der Waals surface area contributed by atoms with Gasteiger partial charge in [-0.1, -0.05) is 74.5 Å². The molecule has 19 heavy (non-hydrogen) atoms. The number of benzene rings is 1. The van der Waals surface area contributed by atoms with Gasteiger partial charge in [-0.25, -0.2) is 0 Å². The van der Waals surface area contributed by atoms with Gasteiger partial charge in [0.05, 0.1) is 6.04 Å². The van der Waals surface area contributed by atoms with Gasteiger partial charge in [-0.3, -0.25) is 0 Å². The normalized spacial score (nSPS) is 16.0. The average Bonchev–Trinajstić information content (AvgIpc) is 2.45. The zero-order valence-corrected chi connectivity index (χ0v) is 12.4. The maximum atomic E-state index is 6.41. The molecule has 0 aromatic heterocycles. The van der Waals surface area contributed by atoms with E-state index in [1.807, 2.05) is 42.5 Å². The summed E-state index contributed by atoms with van der Waals surface area (Å²) in [7, 11) is 0. The van der Waals surface area contributed by atoms with Gasteiger partial charge in [-0.15, -0.1) is 0 Å². The van der Waals surface area contributed by atoms with Crippen LogP contribution in [0.3, 0.4) is 0 Å². The third kappa shape index (κ3) is 4.38. The third-order valence-corrected chi connectivity index (χ3v) is 3.64. The van der Waals surface area contributed by atoms with Crippen LogP contribution in [0.4, 0.5) is 0 Å². The lowest BCUT2D eigenvalue weighted by molar-refractivity contribution is 0.594. The fourth-order valence-electron chi connectivity index (χ4n) is 2.00. The molecule has 0 spiro atoms. The third-order valence-electron chi connectivity index (χ3n) is 3.29. The molecule has 0 aliphatic carbocycles. The first-order chi connectivity index (χ1) is 9.11. The molecular formula is C17H22ClN. The molecule has 1 nitrogen and oxygen atoms in total. The van der Waals surface area contributed by atoms with Crippen molar-refractivity contribution in [1.82, 2.24) is 0 Å². The van der Waals surface area contributed by atoms with Crippen molar-refractivity contribution in [3.05, 3.63) is 71.3 Å². The lowest BCUT2D eigenvalue weighted by Crippen LogP contribution is -2.18. The van der Waals surface area contributed by atoms with E-state index >= 15 is 0 Å². The van der Waals surface area contributed by atoms with Gasteiger partial charge < -0.3 is 5.73 Å². The topological polar surface area (TPSA) is 26.0 Å². The Morgan fingerprint density at radius 1 is 1.37 bits per heavy atom. The number of nitrogens with two attached hydrogens (primary N) is 1. The Morgan fingerprint density at radius 2 is 2.00 bits per heavy atom. The van der Waals surface area contributed by atoms with Gasteiger partial charge in [0.15, 0.2) is 0 Å². The Kier molecular flexibility index (Phi) is 6.61. The van der Waals surface area contributed by atoms with Crippen molar-refractivity contribution in [2.24, 2.45) is 11.7 Å². The van der Waals surface area contributed by atoms with Crippen molar-refractivity contribution < 1.29 is 0 Å². The van der Waals surface area contributed by atoms with Crippen LogP contribution in [-0.2, 0) is 0 Å². The van der Waals surface area contributed by atoms with Crippen LogP contribution in [0.25, 0.3) is 0 Å². The Hall–Kier alpha value is -1.31. The lowest BCUT2D eigenvalue weighted by atomic mass is 9.88. The second-order valence-corrected chi connectivity index (χ2v) is 5.00. The Morgan fingerprint density at radius 3 is 2.53 bits per heavy atom. The Balaban J connectivity index is 3.18. The minimum atomic E-state index is -0.168. The summed E-state index contributed by atoms with van der Waals surface area (Å²) in [5.74, 6) is 0.345. The number of hydrogen-bond donors (Lipinski definition) is 1. The van der Waals surface area contributed by atoms with Gasteiger partial charge in [-0.2, -0.15) is 0 Å². The standard InChI is InChI=1S/C17H22ClN/c1-4-6-12-15(18)16(13(3)5-2)17(19)14-10-8-7-9-11-14/h4,6-13,17H,1,5,19H2,2-3H3/b12-6-,16-15-. The fourth-order valence-corrected chi connectivity index (χ4v) is 2.38. The SMILES string of the molecule is C=C/C=C\C(Cl)=C(/C(C)CC)C(N)c1ccccc1. The van der Waals surface area contributed by atoms with Gasteiger partial charge in [0.1, 0.15) is 0 Å². The molecule has 0 saturated carbocycles. The van der Waals surface area contributed by atoms with Gasteiger partial charge in [0.25, 0.3) is 0 Å². The minimum Gasteiger partial charge on any atom is -0.320 e. The molecule has 2 unspecified atom stereocenters. The van der Waals surface area contributed by atoms with Crippen LogP contribution < -0.4 is 5.73 Å². The Labute approximate surface area is 121 Å². The molecule has 1 aromatic carbocycles. The highest BCUT2D eigenvalue weighted by atomic mass is 35.5. The van der Waals surface area contributed by atoms with Gasteiger partial charge in [-0.05, 0) is 29.6 Å². The van der Waals surface area contributed by atoms with Crippen LogP contribution in [0.5, 0.6) is 0 Å². The quantitative estimate of drug-likeness (QED) is 0.729. The first-order valence-corrected chi connectivity index (χ1v) is 6.98. The predicted octanol–water partition coefficient (Wildman–Crippen LogP) is 4.97. The van der Waals surface area contributed by atoms with E-state index in [1.54, 1.807) is 6.08 Å². The predicted molar refractivity (Wildman–Crippen MR) is 85.0 cm³/mol. The Bertz CT molecular complexity index is 459. The minimum absolute atomic E-state index is 0.168. The molecule has 0 aliphatic heterocycles.